The van der Waals surface area contributed by atoms with E-state index >= 15 is 0 Å². The summed E-state index contributed by atoms with van der Waals surface area (Å²) >= 11 is 0. The van der Waals surface area contributed by atoms with Crippen molar-refractivity contribution in [2.24, 2.45) is 0 Å². The number of hydrogen-bond acceptors (Lipinski definition) is 8. The van der Waals surface area contributed by atoms with Gasteiger partial charge < -0.3 is 25.0 Å². The molecule has 1 amide bonds. The van der Waals surface area contributed by atoms with Gasteiger partial charge in [0.25, 0.3) is 5.91 Å². The van der Waals surface area contributed by atoms with Crippen molar-refractivity contribution in [1.29, 1.82) is 0 Å². The predicted molar refractivity (Wildman–Crippen MR) is 127 cm³/mol. The Balaban J connectivity index is 1.59. The van der Waals surface area contributed by atoms with E-state index in [1.165, 1.54) is 36.8 Å². The lowest BCUT2D eigenvalue weighted by Gasteiger charge is -2.23. The molecule has 1 aromatic carbocycles. The molecule has 1 fully saturated rings. The minimum atomic E-state index is -3.30. The Hall–Kier alpha value is -3.70. The van der Waals surface area contributed by atoms with Gasteiger partial charge in [-0.2, -0.15) is 8.78 Å². The smallest absolute Gasteiger partial charge is 0.394 e. The number of halogens is 2. The molecular weight excluding hydrogens is 458 g/mol. The van der Waals surface area contributed by atoms with Crippen molar-refractivity contribution in [2.75, 3.05) is 37.4 Å². The van der Waals surface area contributed by atoms with Crippen LogP contribution in [-0.4, -0.2) is 76.3 Å². The average Bonchev–Trinajstić information content (AvgIpc) is 3.21. The van der Waals surface area contributed by atoms with Gasteiger partial charge in [0, 0.05) is 55.4 Å². The first-order valence-corrected chi connectivity index (χ1v) is 10.9. The van der Waals surface area contributed by atoms with E-state index in [1.807, 2.05) is 23.9 Å². The Labute approximate surface area is 201 Å². The van der Waals surface area contributed by atoms with Crippen molar-refractivity contribution in [1.82, 2.24) is 19.9 Å². The molecule has 2 N–H and O–H groups in total. The molecule has 0 bridgehead atoms. The van der Waals surface area contributed by atoms with Crippen LogP contribution in [-0.2, 0) is 0 Å². The number of ether oxygens (including phenoxy) is 1. The molecule has 0 aliphatic carbocycles. The van der Waals surface area contributed by atoms with E-state index in [4.69, 9.17) is 0 Å². The minimum absolute atomic E-state index is 0.0169. The van der Waals surface area contributed by atoms with Gasteiger partial charge in [0.2, 0.25) is 0 Å². The molecule has 1 saturated heterocycles. The van der Waals surface area contributed by atoms with Crippen molar-refractivity contribution in [3.63, 3.8) is 0 Å². The number of pyridine rings is 1. The number of likely N-dealkylation sites (N-methyl/N-ethyl adjacent to an activating group) is 1. The molecule has 11 heteroatoms. The summed E-state index contributed by atoms with van der Waals surface area (Å²) in [7, 11) is 3.83. The molecule has 4 rings (SSSR count). The second-order valence-electron chi connectivity index (χ2n) is 8.61. The van der Waals surface area contributed by atoms with Gasteiger partial charge in [0.1, 0.15) is 17.9 Å². The molecule has 0 spiro atoms. The monoisotopic (exact) mass is 484 g/mol. The largest absolute Gasteiger partial charge is 0.433 e. The average molecular weight is 485 g/mol. The van der Waals surface area contributed by atoms with Gasteiger partial charge in [-0.05, 0) is 44.4 Å². The van der Waals surface area contributed by atoms with E-state index in [0.717, 1.165) is 0 Å². The van der Waals surface area contributed by atoms with Crippen LogP contribution >= 0.6 is 0 Å². The zero-order valence-electron chi connectivity index (χ0n) is 19.5. The number of anilines is 2. The highest BCUT2D eigenvalue weighted by Gasteiger charge is 2.34. The third-order valence-corrected chi connectivity index (χ3v) is 5.63. The Kier molecular flexibility index (Phi) is 6.90. The van der Waals surface area contributed by atoms with Gasteiger partial charge in [0.15, 0.2) is 0 Å². The third kappa shape index (κ3) is 5.87. The lowest BCUT2D eigenvalue weighted by atomic mass is 10.1. The lowest BCUT2D eigenvalue weighted by molar-refractivity contribution is -0.158. The maximum absolute atomic E-state index is 13.0. The summed E-state index contributed by atoms with van der Waals surface area (Å²) < 4.78 is 30.5. The lowest BCUT2D eigenvalue weighted by Crippen LogP contribution is -2.38. The van der Waals surface area contributed by atoms with Gasteiger partial charge in [-0.15, -0.1) is 0 Å². The summed E-state index contributed by atoms with van der Waals surface area (Å²) in [5.41, 5.74) is 2.03. The van der Waals surface area contributed by atoms with Crippen LogP contribution in [0.1, 0.15) is 17.3 Å². The van der Waals surface area contributed by atoms with Crippen LogP contribution in [0.2, 0.25) is 0 Å². The Morgan fingerprint density at radius 1 is 1.17 bits per heavy atom. The van der Waals surface area contributed by atoms with E-state index in [0.29, 0.717) is 42.6 Å². The highest BCUT2D eigenvalue weighted by Crippen LogP contribution is 2.32. The number of β-amino-alcohol motifs (C(OH)–C–C–N with tert-alkyl or cyclic N) is 1. The maximum atomic E-state index is 13.0. The predicted octanol–water partition coefficient (Wildman–Crippen LogP) is 2.89. The number of nitrogens with zero attached hydrogens (tertiary/aromatic N) is 5. The first kappa shape index (κ1) is 24.4. The topological polar surface area (TPSA) is 104 Å². The fourth-order valence-corrected chi connectivity index (χ4v) is 3.95. The number of nitrogens with one attached hydrogen (secondary N) is 1. The van der Waals surface area contributed by atoms with Gasteiger partial charge in [-0.3, -0.25) is 4.79 Å². The van der Waals surface area contributed by atoms with E-state index in [1.54, 1.807) is 18.5 Å². The fraction of sp³-hybridized carbons (Fsp3) is 0.333. The summed E-state index contributed by atoms with van der Waals surface area (Å²) in [5, 5.41) is 13.2. The van der Waals surface area contributed by atoms with Crippen LogP contribution in [0.5, 0.6) is 5.75 Å². The van der Waals surface area contributed by atoms with Crippen LogP contribution in [0.3, 0.4) is 0 Å². The number of benzene rings is 1. The Morgan fingerprint density at radius 2 is 1.86 bits per heavy atom. The molecule has 184 valence electrons. The summed E-state index contributed by atoms with van der Waals surface area (Å²) in [4.78, 5) is 29.6. The Bertz CT molecular complexity index is 1170. The van der Waals surface area contributed by atoms with Crippen LogP contribution < -0.4 is 15.0 Å². The zero-order valence-corrected chi connectivity index (χ0v) is 19.5. The van der Waals surface area contributed by atoms with Crippen molar-refractivity contribution in [3.8, 4) is 16.9 Å². The molecule has 0 radical (unpaired) electrons. The number of alkyl halides is 2. The van der Waals surface area contributed by atoms with E-state index in [9.17, 15) is 18.7 Å². The van der Waals surface area contributed by atoms with Crippen LogP contribution in [0.25, 0.3) is 11.1 Å². The van der Waals surface area contributed by atoms with Crippen molar-refractivity contribution >= 4 is 17.4 Å². The SMILES string of the molecule is CN(C)[C@H]1CN(c2ncc(C(=O)Nc3ccc(OC(C)(F)F)cc3)cc2-c2cncnc2)C[C@@H]1O. The summed E-state index contributed by atoms with van der Waals surface area (Å²) in [6.45, 7) is 1.62. The van der Waals surface area contributed by atoms with Crippen molar-refractivity contribution in [2.45, 2.75) is 25.2 Å². The first-order valence-electron chi connectivity index (χ1n) is 10.9. The minimum Gasteiger partial charge on any atom is -0.433 e. The number of carbonyl (C=O) groups excluding carboxylic acids is 1. The highest BCUT2D eigenvalue weighted by molar-refractivity contribution is 6.05. The number of rotatable bonds is 7. The summed E-state index contributed by atoms with van der Waals surface area (Å²) in [6, 6.07) is 7.28. The third-order valence-electron chi connectivity index (χ3n) is 5.63. The highest BCUT2D eigenvalue weighted by atomic mass is 19.3. The summed E-state index contributed by atoms with van der Waals surface area (Å²) in [5.74, 6) is 0.169. The van der Waals surface area contributed by atoms with Crippen LogP contribution in [0, 0.1) is 0 Å². The van der Waals surface area contributed by atoms with E-state index < -0.39 is 18.1 Å². The first-order chi connectivity index (χ1) is 16.6. The molecule has 3 heterocycles. The fourth-order valence-electron chi connectivity index (χ4n) is 3.95. The molecule has 1 aliphatic heterocycles. The molecule has 35 heavy (non-hydrogen) atoms. The molecular formula is C24H26F2N6O3. The summed E-state index contributed by atoms with van der Waals surface area (Å²) in [6.07, 6.45) is 2.29. The van der Waals surface area contributed by atoms with Crippen molar-refractivity contribution < 1.29 is 23.4 Å². The maximum Gasteiger partial charge on any atom is 0.394 e. The zero-order chi connectivity index (χ0) is 25.2. The van der Waals surface area contributed by atoms with Gasteiger partial charge in [-0.1, -0.05) is 0 Å². The Morgan fingerprint density at radius 3 is 2.46 bits per heavy atom. The second-order valence-corrected chi connectivity index (χ2v) is 8.61. The number of aliphatic hydroxyl groups excluding tert-OH is 1. The van der Waals surface area contributed by atoms with Crippen LogP contribution in [0.4, 0.5) is 20.3 Å². The molecule has 0 saturated carbocycles. The molecule has 9 nitrogen and oxygen atoms in total. The number of hydrogen-bond donors (Lipinski definition) is 2. The number of aromatic nitrogens is 3. The van der Waals surface area contributed by atoms with Gasteiger partial charge in [-0.25, -0.2) is 15.0 Å². The second kappa shape index (κ2) is 9.88. The van der Waals surface area contributed by atoms with E-state index in [-0.39, 0.29) is 17.4 Å². The molecule has 3 aromatic rings. The molecule has 2 aromatic heterocycles. The standard InChI is InChI=1S/C24H26F2N6O3/c1-24(25,26)35-18-6-4-17(5-7-18)30-23(34)15-8-19(16-9-27-14-28-10-16)22(29-11-15)32-12-20(31(2)3)21(33)13-32/h4-11,14,20-21,33H,12-13H2,1-3H3,(H,30,34)/t20-,21-/m0/s1. The number of carbonyl (C=O) groups is 1. The van der Waals surface area contributed by atoms with Gasteiger partial charge >= 0.3 is 6.11 Å². The van der Waals surface area contributed by atoms with Gasteiger partial charge in [0.05, 0.1) is 17.7 Å². The number of amides is 1. The molecule has 2 atom stereocenters. The van der Waals surface area contributed by atoms with Crippen LogP contribution in [0.15, 0.2) is 55.2 Å². The molecule has 1 aliphatic rings. The van der Waals surface area contributed by atoms with E-state index in [2.05, 4.69) is 25.0 Å². The number of aliphatic hydroxyl groups is 1. The normalized spacial score (nSPS) is 18.1. The quantitative estimate of drug-likeness (QED) is 0.528. The van der Waals surface area contributed by atoms with Crippen molar-refractivity contribution in [3.05, 3.63) is 60.8 Å². The molecule has 0 unspecified atom stereocenters.